The highest BCUT2D eigenvalue weighted by atomic mass is 16.5. The van der Waals surface area contributed by atoms with Crippen LogP contribution in [0.15, 0.2) is 24.3 Å². The topological polar surface area (TPSA) is 70.6 Å². The van der Waals surface area contributed by atoms with E-state index in [1.807, 2.05) is 19.1 Å². The lowest BCUT2D eigenvalue weighted by Crippen LogP contribution is -2.39. The fourth-order valence-electron chi connectivity index (χ4n) is 1.25. The molecule has 0 bridgehead atoms. The number of aliphatic hydroxyl groups is 1. The Morgan fingerprint density at radius 2 is 1.78 bits per heavy atom. The predicted molar refractivity (Wildman–Crippen MR) is 71.9 cm³/mol. The van der Waals surface area contributed by atoms with Crippen LogP contribution < -0.4 is 10.6 Å². The summed E-state index contributed by atoms with van der Waals surface area (Å²) < 4.78 is 4.49. The number of carbonyl (C=O) groups is 1. The molecule has 18 heavy (non-hydrogen) atoms. The number of rotatable bonds is 4. The van der Waals surface area contributed by atoms with Gasteiger partial charge in [0.1, 0.15) is 0 Å². The first-order valence-corrected chi connectivity index (χ1v) is 5.77. The fourth-order valence-corrected chi connectivity index (χ4v) is 1.25. The van der Waals surface area contributed by atoms with Crippen molar-refractivity contribution in [2.45, 2.75) is 32.4 Å². The molecular formula is C13H20N2O3. The van der Waals surface area contributed by atoms with E-state index in [9.17, 15) is 9.90 Å². The van der Waals surface area contributed by atoms with Crippen molar-refractivity contribution < 1.29 is 14.6 Å². The van der Waals surface area contributed by atoms with Gasteiger partial charge in [0.05, 0.1) is 18.8 Å². The smallest absolute Gasteiger partial charge is 0.411 e. The molecule has 1 rings (SSSR count). The lowest BCUT2D eigenvalue weighted by Gasteiger charge is -2.27. The van der Waals surface area contributed by atoms with Gasteiger partial charge in [0, 0.05) is 11.4 Å². The van der Waals surface area contributed by atoms with E-state index in [1.54, 1.807) is 26.0 Å². The van der Waals surface area contributed by atoms with Crippen LogP contribution in [0.5, 0.6) is 0 Å². The maximum atomic E-state index is 11.0. The lowest BCUT2D eigenvalue weighted by atomic mass is 10.0. The molecule has 0 aromatic heterocycles. The van der Waals surface area contributed by atoms with Gasteiger partial charge in [-0.2, -0.15) is 0 Å². The van der Waals surface area contributed by atoms with Gasteiger partial charge in [-0.3, -0.25) is 5.32 Å². The summed E-state index contributed by atoms with van der Waals surface area (Å²) in [7, 11) is 1.32. The Morgan fingerprint density at radius 3 is 2.22 bits per heavy atom. The first-order valence-electron chi connectivity index (χ1n) is 5.77. The van der Waals surface area contributed by atoms with E-state index >= 15 is 0 Å². The molecule has 5 nitrogen and oxygen atoms in total. The molecule has 0 heterocycles. The largest absolute Gasteiger partial charge is 0.453 e. The van der Waals surface area contributed by atoms with Gasteiger partial charge in [-0.15, -0.1) is 0 Å². The third kappa shape index (κ3) is 4.25. The van der Waals surface area contributed by atoms with Gasteiger partial charge >= 0.3 is 6.09 Å². The average molecular weight is 252 g/mol. The summed E-state index contributed by atoms with van der Waals surface area (Å²) in [4.78, 5) is 11.0. The molecule has 3 N–H and O–H groups in total. The molecule has 1 unspecified atom stereocenters. The van der Waals surface area contributed by atoms with Crippen molar-refractivity contribution in [3.8, 4) is 0 Å². The van der Waals surface area contributed by atoms with E-state index in [0.29, 0.717) is 5.69 Å². The number of ether oxygens (including phenoxy) is 1. The molecule has 0 aliphatic rings. The van der Waals surface area contributed by atoms with E-state index in [2.05, 4.69) is 15.4 Å². The zero-order valence-electron chi connectivity index (χ0n) is 11.2. The minimum Gasteiger partial charge on any atom is -0.453 e. The Hall–Kier alpha value is -1.75. The van der Waals surface area contributed by atoms with Crippen LogP contribution in [0.1, 0.15) is 20.8 Å². The summed E-state index contributed by atoms with van der Waals surface area (Å²) >= 11 is 0. The second-order valence-electron chi connectivity index (χ2n) is 4.71. The van der Waals surface area contributed by atoms with E-state index < -0.39 is 11.7 Å². The van der Waals surface area contributed by atoms with E-state index in [0.717, 1.165) is 5.69 Å². The number of hydrogen-bond acceptors (Lipinski definition) is 4. The van der Waals surface area contributed by atoms with Crippen LogP contribution in [-0.4, -0.2) is 30.0 Å². The van der Waals surface area contributed by atoms with Crippen molar-refractivity contribution in [1.29, 1.82) is 0 Å². The molecule has 1 atom stereocenters. The summed E-state index contributed by atoms with van der Waals surface area (Å²) in [6.07, 6.45) is -0.499. The molecule has 100 valence electrons. The Labute approximate surface area is 107 Å². The summed E-state index contributed by atoms with van der Waals surface area (Å²) in [6.45, 7) is 5.40. The van der Waals surface area contributed by atoms with Gasteiger partial charge in [0.25, 0.3) is 0 Å². The molecule has 0 fully saturated rings. The first-order chi connectivity index (χ1) is 8.32. The maximum Gasteiger partial charge on any atom is 0.411 e. The molecule has 0 saturated carbocycles. The molecule has 5 heteroatoms. The van der Waals surface area contributed by atoms with E-state index in [4.69, 9.17) is 0 Å². The standard InChI is InChI=1S/C13H20N2O3/c1-9(13(2,3)17)14-10-5-7-11(8-6-10)15-12(16)18-4/h5-9,14,17H,1-4H3,(H,15,16). The van der Waals surface area contributed by atoms with Crippen LogP contribution in [-0.2, 0) is 4.74 Å². The quantitative estimate of drug-likeness (QED) is 0.769. The van der Waals surface area contributed by atoms with Gasteiger partial charge < -0.3 is 15.2 Å². The summed E-state index contributed by atoms with van der Waals surface area (Å²) in [5, 5.41) is 15.6. The monoisotopic (exact) mass is 252 g/mol. The summed E-state index contributed by atoms with van der Waals surface area (Å²) in [5.74, 6) is 0. The summed E-state index contributed by atoms with van der Waals surface area (Å²) in [6, 6.07) is 7.09. The highest BCUT2D eigenvalue weighted by Crippen LogP contribution is 2.18. The zero-order valence-corrected chi connectivity index (χ0v) is 11.2. The molecule has 0 saturated heterocycles. The van der Waals surface area contributed by atoms with Crippen LogP contribution in [0.25, 0.3) is 0 Å². The molecule has 1 aromatic rings. The first kappa shape index (κ1) is 14.3. The third-order valence-corrected chi connectivity index (χ3v) is 2.76. The molecule has 1 amide bonds. The number of hydrogen-bond donors (Lipinski definition) is 3. The molecule has 0 aliphatic carbocycles. The Balaban J connectivity index is 2.63. The SMILES string of the molecule is COC(=O)Nc1ccc(NC(C)C(C)(C)O)cc1. The van der Waals surface area contributed by atoms with Gasteiger partial charge in [0.2, 0.25) is 0 Å². The number of benzene rings is 1. The lowest BCUT2D eigenvalue weighted by molar-refractivity contribution is 0.0649. The van der Waals surface area contributed by atoms with Crippen molar-refractivity contribution in [3.63, 3.8) is 0 Å². The number of nitrogens with one attached hydrogen (secondary N) is 2. The van der Waals surface area contributed by atoms with Crippen LogP contribution in [0.3, 0.4) is 0 Å². The average Bonchev–Trinajstić information content (AvgIpc) is 2.30. The maximum absolute atomic E-state index is 11.0. The van der Waals surface area contributed by atoms with Gasteiger partial charge in [-0.05, 0) is 45.0 Å². The van der Waals surface area contributed by atoms with Crippen molar-refractivity contribution in [3.05, 3.63) is 24.3 Å². The fraction of sp³-hybridized carbons (Fsp3) is 0.462. The van der Waals surface area contributed by atoms with Gasteiger partial charge in [-0.1, -0.05) is 0 Å². The Bertz CT molecular complexity index is 396. The zero-order chi connectivity index (χ0) is 13.8. The van der Waals surface area contributed by atoms with Gasteiger partial charge in [-0.25, -0.2) is 4.79 Å². The van der Waals surface area contributed by atoms with Crippen LogP contribution in [0.2, 0.25) is 0 Å². The number of amides is 1. The Kier molecular flexibility index (Phi) is 4.55. The van der Waals surface area contributed by atoms with Crippen LogP contribution in [0, 0.1) is 0 Å². The van der Waals surface area contributed by atoms with Gasteiger partial charge in [0.15, 0.2) is 0 Å². The number of anilines is 2. The molecule has 0 aliphatic heterocycles. The highest BCUT2D eigenvalue weighted by Gasteiger charge is 2.21. The second-order valence-corrected chi connectivity index (χ2v) is 4.71. The number of carbonyl (C=O) groups excluding carboxylic acids is 1. The molecule has 1 aromatic carbocycles. The van der Waals surface area contributed by atoms with E-state index in [1.165, 1.54) is 7.11 Å². The normalized spacial score (nSPS) is 12.7. The van der Waals surface area contributed by atoms with Crippen LogP contribution >= 0.6 is 0 Å². The third-order valence-electron chi connectivity index (χ3n) is 2.76. The number of methoxy groups -OCH3 is 1. The van der Waals surface area contributed by atoms with Crippen molar-refractivity contribution in [2.24, 2.45) is 0 Å². The molecule has 0 radical (unpaired) electrons. The van der Waals surface area contributed by atoms with Crippen molar-refractivity contribution in [2.75, 3.05) is 17.7 Å². The Morgan fingerprint density at radius 1 is 1.28 bits per heavy atom. The minimum atomic E-state index is -0.803. The molecular weight excluding hydrogens is 232 g/mol. The summed E-state index contributed by atoms with van der Waals surface area (Å²) in [5.41, 5.74) is 0.728. The predicted octanol–water partition coefficient (Wildman–Crippen LogP) is 2.44. The molecule has 0 spiro atoms. The second kappa shape index (κ2) is 5.73. The van der Waals surface area contributed by atoms with Crippen molar-refractivity contribution >= 4 is 17.5 Å². The minimum absolute atomic E-state index is 0.0862. The highest BCUT2D eigenvalue weighted by molar-refractivity contribution is 5.84. The van der Waals surface area contributed by atoms with Crippen molar-refractivity contribution in [1.82, 2.24) is 0 Å². The van der Waals surface area contributed by atoms with E-state index in [-0.39, 0.29) is 6.04 Å². The van der Waals surface area contributed by atoms with Crippen LogP contribution in [0.4, 0.5) is 16.2 Å².